The van der Waals surface area contributed by atoms with Crippen LogP contribution in [0.2, 0.25) is 0 Å². The van der Waals surface area contributed by atoms with Crippen LogP contribution >= 0.6 is 0 Å². The van der Waals surface area contributed by atoms with E-state index in [9.17, 15) is 0 Å². The molecule has 0 unspecified atom stereocenters. The van der Waals surface area contributed by atoms with Gasteiger partial charge >= 0.3 is 0 Å². The summed E-state index contributed by atoms with van der Waals surface area (Å²) in [4.78, 5) is 2.43. The maximum atomic E-state index is 2.45. The molecule has 2 heteroatoms. The highest BCUT2D eigenvalue weighted by molar-refractivity contribution is 5.97. The lowest BCUT2D eigenvalue weighted by atomic mass is 9.82. The topological polar surface area (TPSA) is 8.17 Å². The smallest absolute Gasteiger partial charge is 0.0555 e. The van der Waals surface area contributed by atoms with Gasteiger partial charge in [0.05, 0.1) is 11.2 Å². The molecule has 236 valence electrons. The molecule has 2 nitrogen and oxygen atoms in total. The van der Waals surface area contributed by atoms with Gasteiger partial charge in [0, 0.05) is 38.9 Å². The van der Waals surface area contributed by atoms with Gasteiger partial charge in [-0.2, -0.15) is 0 Å². The van der Waals surface area contributed by atoms with Crippen LogP contribution in [0.5, 0.6) is 0 Å². The Bertz CT molecular complexity index is 2530. The monoisotopic (exact) mass is 630 g/mol. The number of aryl methyl sites for hydroxylation is 1. The fourth-order valence-electron chi connectivity index (χ4n) is 8.13. The Morgan fingerprint density at radius 2 is 1.12 bits per heavy atom. The van der Waals surface area contributed by atoms with Crippen molar-refractivity contribution < 1.29 is 0 Å². The number of rotatable bonds is 5. The Morgan fingerprint density at radius 3 is 1.96 bits per heavy atom. The molecule has 9 rings (SSSR count). The quantitative estimate of drug-likeness (QED) is 0.184. The summed E-state index contributed by atoms with van der Waals surface area (Å²) in [6, 6.07) is 57.9. The van der Waals surface area contributed by atoms with Gasteiger partial charge in [0.1, 0.15) is 0 Å². The first kappa shape index (κ1) is 29.3. The van der Waals surface area contributed by atoms with Crippen LogP contribution in [0.15, 0.2) is 158 Å². The Kier molecular flexibility index (Phi) is 6.64. The lowest BCUT2D eigenvalue weighted by Crippen LogP contribution is -2.16. The zero-order valence-corrected chi connectivity index (χ0v) is 28.4. The Morgan fingerprint density at radius 1 is 0.490 bits per heavy atom. The summed E-state index contributed by atoms with van der Waals surface area (Å²) < 4.78 is 2.45. The van der Waals surface area contributed by atoms with Gasteiger partial charge in [-0.05, 0) is 101 Å². The van der Waals surface area contributed by atoms with Gasteiger partial charge in [-0.15, -0.1) is 0 Å². The molecule has 7 aromatic carbocycles. The number of aromatic nitrogens is 1. The van der Waals surface area contributed by atoms with Crippen LogP contribution in [0.4, 0.5) is 17.1 Å². The van der Waals surface area contributed by atoms with Crippen LogP contribution in [0.1, 0.15) is 36.2 Å². The van der Waals surface area contributed by atoms with E-state index in [1.807, 2.05) is 0 Å². The van der Waals surface area contributed by atoms with Gasteiger partial charge in [0.25, 0.3) is 0 Å². The highest BCUT2D eigenvalue weighted by atomic mass is 15.1. The van der Waals surface area contributed by atoms with Crippen LogP contribution in [0.25, 0.3) is 49.6 Å². The predicted octanol–water partition coefficient (Wildman–Crippen LogP) is 12.8. The molecule has 0 saturated heterocycles. The van der Waals surface area contributed by atoms with Gasteiger partial charge in [-0.1, -0.05) is 129 Å². The summed E-state index contributed by atoms with van der Waals surface area (Å²) in [5.74, 6) is 0. The van der Waals surface area contributed by atoms with Gasteiger partial charge in [-0.3, -0.25) is 0 Å². The lowest BCUT2D eigenvalue weighted by molar-refractivity contribution is 0.660. The number of anilines is 3. The number of fused-ring (bicyclic) bond motifs is 5. The van der Waals surface area contributed by atoms with Crippen LogP contribution in [-0.2, 0) is 5.41 Å². The van der Waals surface area contributed by atoms with Crippen molar-refractivity contribution in [3.63, 3.8) is 0 Å². The van der Waals surface area contributed by atoms with Crippen molar-refractivity contribution in [3.8, 4) is 27.9 Å². The minimum atomic E-state index is -0.0913. The average Bonchev–Trinajstić information content (AvgIpc) is 3.53. The fourth-order valence-corrected chi connectivity index (χ4v) is 8.13. The van der Waals surface area contributed by atoms with Crippen molar-refractivity contribution >= 4 is 38.7 Å². The number of nitrogens with zero attached hydrogens (tertiary/aromatic N) is 2. The first-order valence-corrected chi connectivity index (χ1v) is 17.2. The molecule has 1 aromatic heterocycles. The first-order chi connectivity index (χ1) is 23.9. The van der Waals surface area contributed by atoms with Crippen molar-refractivity contribution in [1.82, 2.24) is 4.57 Å². The summed E-state index contributed by atoms with van der Waals surface area (Å²) in [5.41, 5.74) is 16.2. The van der Waals surface area contributed by atoms with Gasteiger partial charge < -0.3 is 9.47 Å². The van der Waals surface area contributed by atoms with E-state index in [-0.39, 0.29) is 5.41 Å². The van der Waals surface area contributed by atoms with Crippen LogP contribution in [0.3, 0.4) is 0 Å². The molecule has 0 N–H and O–H groups in total. The fraction of sp³-hybridized carbons (Fsp3) is 0.106. The van der Waals surface area contributed by atoms with Crippen molar-refractivity contribution in [2.45, 2.75) is 33.1 Å². The molecule has 0 bridgehead atoms. The van der Waals surface area contributed by atoms with Gasteiger partial charge in [0.2, 0.25) is 0 Å². The molecule has 8 aromatic rings. The van der Waals surface area contributed by atoms with E-state index in [0.29, 0.717) is 0 Å². The third-order valence-corrected chi connectivity index (χ3v) is 10.8. The third-order valence-electron chi connectivity index (χ3n) is 10.8. The molecule has 0 atom stereocenters. The largest absolute Gasteiger partial charge is 0.313 e. The minimum absolute atomic E-state index is 0.0913. The van der Waals surface area contributed by atoms with E-state index in [0.717, 1.165) is 17.1 Å². The normalized spacial score (nSPS) is 13.1. The third kappa shape index (κ3) is 4.55. The van der Waals surface area contributed by atoms with Crippen molar-refractivity contribution in [2.75, 3.05) is 4.90 Å². The van der Waals surface area contributed by atoms with Gasteiger partial charge in [-0.25, -0.2) is 0 Å². The van der Waals surface area contributed by atoms with Crippen LogP contribution in [-0.4, -0.2) is 4.57 Å². The molecule has 0 radical (unpaired) electrons. The highest BCUT2D eigenvalue weighted by Crippen LogP contribution is 2.51. The summed E-state index contributed by atoms with van der Waals surface area (Å²) in [6.07, 6.45) is 0. The molecule has 0 spiro atoms. The van der Waals surface area contributed by atoms with Crippen molar-refractivity contribution in [1.29, 1.82) is 0 Å². The second-order valence-corrected chi connectivity index (χ2v) is 13.9. The molecule has 0 saturated carbocycles. The number of hydrogen-bond donors (Lipinski definition) is 0. The van der Waals surface area contributed by atoms with E-state index in [2.05, 4.69) is 195 Å². The Hall–Kier alpha value is -5.86. The molecule has 1 heterocycles. The second-order valence-electron chi connectivity index (χ2n) is 13.9. The standard InChI is InChI=1S/C47H38N2/c1-31-32(2)48(45-20-12-16-35-15-8-9-17-40(35)45)46-30-38(25-27-39(31)46)49(36-23-21-34(22-24-36)33-13-6-5-7-14-33)37-26-28-42-41-18-10-11-19-43(41)47(3,4)44(42)29-37/h5-30H,1-4H3. The van der Waals surface area contributed by atoms with Gasteiger partial charge in [0.15, 0.2) is 0 Å². The molecule has 0 aliphatic heterocycles. The van der Waals surface area contributed by atoms with E-state index in [4.69, 9.17) is 0 Å². The molecule has 49 heavy (non-hydrogen) atoms. The van der Waals surface area contributed by atoms with E-state index < -0.39 is 0 Å². The molecule has 0 amide bonds. The summed E-state index contributed by atoms with van der Waals surface area (Å²) in [7, 11) is 0. The molecule has 1 aliphatic rings. The maximum absolute atomic E-state index is 2.45. The zero-order valence-electron chi connectivity index (χ0n) is 28.4. The van der Waals surface area contributed by atoms with Crippen LogP contribution in [0, 0.1) is 13.8 Å². The zero-order chi connectivity index (χ0) is 33.3. The lowest BCUT2D eigenvalue weighted by Gasteiger charge is -2.28. The minimum Gasteiger partial charge on any atom is -0.313 e. The summed E-state index contributed by atoms with van der Waals surface area (Å²) in [6.45, 7) is 9.21. The average molecular weight is 631 g/mol. The summed E-state index contributed by atoms with van der Waals surface area (Å²) >= 11 is 0. The molecular weight excluding hydrogens is 593 g/mol. The van der Waals surface area contributed by atoms with E-state index >= 15 is 0 Å². The van der Waals surface area contributed by atoms with Crippen LogP contribution < -0.4 is 4.90 Å². The van der Waals surface area contributed by atoms with E-state index in [1.165, 1.54) is 72.0 Å². The number of benzene rings is 7. The maximum Gasteiger partial charge on any atom is 0.0555 e. The second kappa shape index (κ2) is 11.1. The highest BCUT2D eigenvalue weighted by Gasteiger charge is 2.35. The van der Waals surface area contributed by atoms with Crippen molar-refractivity contribution in [2.24, 2.45) is 0 Å². The SMILES string of the molecule is Cc1c(C)n(-c2cccc3ccccc23)c2cc(N(c3ccc(-c4ccccc4)cc3)c3ccc4c(c3)C(C)(C)c3ccccc3-4)ccc12. The predicted molar refractivity (Wildman–Crippen MR) is 208 cm³/mol. The molecule has 1 aliphatic carbocycles. The molecule has 0 fully saturated rings. The van der Waals surface area contributed by atoms with E-state index in [1.54, 1.807) is 0 Å². The van der Waals surface area contributed by atoms with Crippen molar-refractivity contribution in [3.05, 3.63) is 180 Å². The number of hydrogen-bond acceptors (Lipinski definition) is 1. The Balaban J connectivity index is 1.26. The Labute approximate surface area is 288 Å². The summed E-state index contributed by atoms with van der Waals surface area (Å²) in [5, 5.41) is 3.78. The first-order valence-electron chi connectivity index (χ1n) is 17.2. The molecular formula is C47H38N2.